The van der Waals surface area contributed by atoms with Crippen LogP contribution in [-0.2, 0) is 11.0 Å². The molecule has 0 fully saturated rings. The number of thioether (sulfide) groups is 1. The number of alkyl halides is 3. The molecule has 0 unspecified atom stereocenters. The van der Waals surface area contributed by atoms with Gasteiger partial charge in [0.15, 0.2) is 0 Å². The number of amides is 1. The van der Waals surface area contributed by atoms with E-state index in [1.807, 2.05) is 6.92 Å². The predicted molar refractivity (Wildman–Crippen MR) is 81.4 cm³/mol. The number of nitrogens with one attached hydrogen (secondary N) is 1. The molecule has 0 saturated carbocycles. The van der Waals surface area contributed by atoms with Crippen LogP contribution in [-0.4, -0.2) is 23.1 Å². The third kappa shape index (κ3) is 6.47. The minimum absolute atomic E-state index is 0.0340. The van der Waals surface area contributed by atoms with Gasteiger partial charge in [-0.15, -0.1) is 11.8 Å². The van der Waals surface area contributed by atoms with Crippen LogP contribution in [0.5, 0.6) is 0 Å². The Morgan fingerprint density at radius 2 is 2.04 bits per heavy atom. The van der Waals surface area contributed by atoms with Crippen molar-refractivity contribution in [2.45, 2.75) is 37.3 Å². The molecule has 0 aliphatic heterocycles. The Labute approximate surface area is 135 Å². The van der Waals surface area contributed by atoms with Crippen LogP contribution < -0.4 is 5.32 Å². The van der Waals surface area contributed by atoms with Crippen LogP contribution in [0.15, 0.2) is 23.1 Å². The van der Waals surface area contributed by atoms with Gasteiger partial charge in [0, 0.05) is 12.6 Å². The summed E-state index contributed by atoms with van der Waals surface area (Å²) in [6.07, 6.45) is -1.81. The molecule has 0 aromatic heterocycles. The van der Waals surface area contributed by atoms with Crippen LogP contribution in [0.4, 0.5) is 18.9 Å². The lowest BCUT2D eigenvalue weighted by molar-refractivity contribution is -0.388. The summed E-state index contributed by atoms with van der Waals surface area (Å²) in [6, 6.07) is 2.28. The van der Waals surface area contributed by atoms with Gasteiger partial charge >= 0.3 is 6.18 Å². The van der Waals surface area contributed by atoms with Gasteiger partial charge in [0.05, 0.1) is 21.1 Å². The molecule has 0 radical (unpaired) electrons. The molecule has 1 amide bonds. The van der Waals surface area contributed by atoms with Crippen molar-refractivity contribution in [3.8, 4) is 0 Å². The third-order valence-corrected chi connectivity index (χ3v) is 4.01. The van der Waals surface area contributed by atoms with Crippen LogP contribution in [0.25, 0.3) is 0 Å². The van der Waals surface area contributed by atoms with E-state index >= 15 is 0 Å². The third-order valence-electron chi connectivity index (χ3n) is 2.94. The van der Waals surface area contributed by atoms with Crippen molar-refractivity contribution in [3.63, 3.8) is 0 Å². The van der Waals surface area contributed by atoms with Crippen molar-refractivity contribution in [1.82, 2.24) is 5.32 Å². The molecule has 5 nitrogen and oxygen atoms in total. The second-order valence-corrected chi connectivity index (χ2v) is 5.80. The Kier molecular flexibility index (Phi) is 7.34. The first-order valence-electron chi connectivity index (χ1n) is 7.00. The molecule has 0 heterocycles. The van der Waals surface area contributed by atoms with Gasteiger partial charge in [0.25, 0.3) is 5.69 Å². The maximum atomic E-state index is 12.6. The maximum Gasteiger partial charge on any atom is 0.416 e. The maximum absolute atomic E-state index is 12.6. The fourth-order valence-electron chi connectivity index (χ4n) is 1.76. The number of nitro groups is 1. The minimum Gasteiger partial charge on any atom is -0.355 e. The second-order valence-electron chi connectivity index (χ2n) is 4.78. The summed E-state index contributed by atoms with van der Waals surface area (Å²) >= 11 is 0.846. The molecule has 1 aromatic carbocycles. The Morgan fingerprint density at radius 3 is 2.61 bits per heavy atom. The highest BCUT2D eigenvalue weighted by Crippen LogP contribution is 2.36. The van der Waals surface area contributed by atoms with E-state index in [0.29, 0.717) is 12.6 Å². The molecule has 0 aliphatic rings. The first-order chi connectivity index (χ1) is 10.8. The zero-order valence-corrected chi connectivity index (χ0v) is 13.3. The van der Waals surface area contributed by atoms with Crippen molar-refractivity contribution in [3.05, 3.63) is 33.9 Å². The quantitative estimate of drug-likeness (QED) is 0.333. The highest BCUT2D eigenvalue weighted by Gasteiger charge is 2.33. The zero-order chi connectivity index (χ0) is 17.5. The molecule has 0 atom stereocenters. The van der Waals surface area contributed by atoms with Crippen molar-refractivity contribution in [2.75, 3.05) is 12.3 Å². The smallest absolute Gasteiger partial charge is 0.355 e. The van der Waals surface area contributed by atoms with E-state index in [-0.39, 0.29) is 16.6 Å². The molecule has 0 spiro atoms. The van der Waals surface area contributed by atoms with E-state index in [4.69, 9.17) is 0 Å². The van der Waals surface area contributed by atoms with Crippen LogP contribution in [0, 0.1) is 10.1 Å². The summed E-state index contributed by atoms with van der Waals surface area (Å²) in [5.74, 6) is -0.390. The number of hydrogen-bond acceptors (Lipinski definition) is 4. The summed E-state index contributed by atoms with van der Waals surface area (Å²) < 4.78 is 37.8. The first kappa shape index (κ1) is 19.3. The summed E-state index contributed by atoms with van der Waals surface area (Å²) in [4.78, 5) is 21.7. The molecule has 1 aromatic rings. The van der Waals surface area contributed by atoms with Gasteiger partial charge in [-0.1, -0.05) is 19.8 Å². The van der Waals surface area contributed by atoms with Gasteiger partial charge < -0.3 is 5.32 Å². The molecule has 0 aliphatic carbocycles. The van der Waals surface area contributed by atoms with E-state index in [1.54, 1.807) is 0 Å². The predicted octanol–water partition coefficient (Wildman–Crippen LogP) is 4.01. The van der Waals surface area contributed by atoms with Crippen LogP contribution in [0.2, 0.25) is 0 Å². The van der Waals surface area contributed by atoms with Crippen molar-refractivity contribution in [1.29, 1.82) is 0 Å². The fourth-order valence-corrected chi connectivity index (χ4v) is 2.59. The van der Waals surface area contributed by atoms with Gasteiger partial charge in [0.2, 0.25) is 5.91 Å². The number of carbonyl (C=O) groups excluding carboxylic acids is 1. The van der Waals surface area contributed by atoms with Gasteiger partial charge in [0.1, 0.15) is 0 Å². The lowest BCUT2D eigenvalue weighted by Crippen LogP contribution is -2.26. The molecular weight excluding hydrogens is 333 g/mol. The normalized spacial score (nSPS) is 11.3. The summed E-state index contributed by atoms with van der Waals surface area (Å²) in [5, 5.41) is 13.6. The van der Waals surface area contributed by atoms with Crippen LogP contribution >= 0.6 is 11.8 Å². The largest absolute Gasteiger partial charge is 0.416 e. The topological polar surface area (TPSA) is 72.2 Å². The Hall–Kier alpha value is -1.77. The van der Waals surface area contributed by atoms with Gasteiger partial charge in [-0.25, -0.2) is 0 Å². The monoisotopic (exact) mass is 350 g/mol. The Morgan fingerprint density at radius 1 is 1.35 bits per heavy atom. The molecule has 0 saturated heterocycles. The highest BCUT2D eigenvalue weighted by atomic mass is 32.2. The number of halogens is 3. The zero-order valence-electron chi connectivity index (χ0n) is 12.5. The van der Waals surface area contributed by atoms with Crippen LogP contribution in [0.3, 0.4) is 0 Å². The summed E-state index contributed by atoms with van der Waals surface area (Å²) in [5.41, 5.74) is -1.74. The standard InChI is InChI=1S/C14H17F3N2O3S/c1-2-3-4-7-18-13(20)9-23-12-6-5-10(14(15,16)17)8-11(12)19(21)22/h5-6,8H,2-4,7,9H2,1H3,(H,18,20). The average molecular weight is 350 g/mol. The molecule has 1 N–H and O–H groups in total. The lowest BCUT2D eigenvalue weighted by atomic mass is 10.2. The number of nitro benzene ring substituents is 1. The fraction of sp³-hybridized carbons (Fsp3) is 0.500. The van der Waals surface area contributed by atoms with Crippen molar-refractivity contribution >= 4 is 23.4 Å². The summed E-state index contributed by atoms with van der Waals surface area (Å²) in [7, 11) is 0. The Bertz CT molecular complexity index is 565. The van der Waals surface area contributed by atoms with Crippen molar-refractivity contribution in [2.24, 2.45) is 0 Å². The van der Waals surface area contributed by atoms with E-state index in [0.717, 1.165) is 43.2 Å². The van der Waals surface area contributed by atoms with E-state index in [9.17, 15) is 28.1 Å². The molecular formula is C14H17F3N2O3S. The molecule has 9 heteroatoms. The van der Waals surface area contributed by atoms with E-state index in [2.05, 4.69) is 5.32 Å². The number of benzene rings is 1. The molecule has 23 heavy (non-hydrogen) atoms. The number of carbonyl (C=O) groups is 1. The minimum atomic E-state index is -4.65. The number of hydrogen-bond donors (Lipinski definition) is 1. The van der Waals surface area contributed by atoms with Gasteiger partial charge in [-0.2, -0.15) is 13.2 Å². The molecule has 1 rings (SSSR count). The Balaban J connectivity index is 2.69. The SMILES string of the molecule is CCCCCNC(=O)CSc1ccc(C(F)(F)F)cc1[N+](=O)[O-]. The number of rotatable bonds is 8. The van der Waals surface area contributed by atoms with E-state index in [1.165, 1.54) is 0 Å². The molecule has 128 valence electrons. The van der Waals surface area contributed by atoms with Gasteiger partial charge in [-0.3, -0.25) is 14.9 Å². The second kappa shape index (κ2) is 8.76. The molecule has 0 bridgehead atoms. The number of unbranched alkanes of at least 4 members (excludes halogenated alkanes) is 2. The average Bonchev–Trinajstić information content (AvgIpc) is 2.48. The summed E-state index contributed by atoms with van der Waals surface area (Å²) in [6.45, 7) is 2.55. The number of nitrogens with zero attached hydrogens (tertiary/aromatic N) is 1. The first-order valence-corrected chi connectivity index (χ1v) is 7.99. The lowest BCUT2D eigenvalue weighted by Gasteiger charge is -2.09. The van der Waals surface area contributed by atoms with Crippen molar-refractivity contribution < 1.29 is 22.9 Å². The van der Waals surface area contributed by atoms with Gasteiger partial charge in [-0.05, 0) is 18.6 Å². The van der Waals surface area contributed by atoms with Crippen LogP contribution in [0.1, 0.15) is 31.7 Å². The van der Waals surface area contributed by atoms with E-state index < -0.39 is 22.4 Å². The highest BCUT2D eigenvalue weighted by molar-refractivity contribution is 8.00.